The fourth-order valence-corrected chi connectivity index (χ4v) is 3.65. The highest BCUT2D eigenvalue weighted by Gasteiger charge is 2.37. The molecule has 0 aromatic heterocycles. The maximum Gasteiger partial charge on any atom is 0.240 e. The van der Waals surface area contributed by atoms with Crippen molar-refractivity contribution in [1.82, 2.24) is 9.80 Å². The van der Waals surface area contributed by atoms with Gasteiger partial charge < -0.3 is 14.4 Å². The molecule has 134 valence electrons. The first-order valence-electron chi connectivity index (χ1n) is 8.79. The van der Waals surface area contributed by atoms with Crippen LogP contribution in [0.25, 0.3) is 0 Å². The van der Waals surface area contributed by atoms with Crippen molar-refractivity contribution in [1.29, 1.82) is 5.26 Å². The van der Waals surface area contributed by atoms with Crippen LogP contribution in [0.1, 0.15) is 24.8 Å². The fraction of sp³-hybridized carbons (Fsp3) is 0.579. The van der Waals surface area contributed by atoms with Gasteiger partial charge in [-0.3, -0.25) is 9.69 Å². The predicted molar refractivity (Wildman–Crippen MR) is 93.2 cm³/mol. The van der Waals surface area contributed by atoms with E-state index in [1.807, 2.05) is 24.1 Å². The molecule has 2 saturated heterocycles. The highest BCUT2D eigenvalue weighted by atomic mass is 16.5. The van der Waals surface area contributed by atoms with E-state index in [1.165, 1.54) is 0 Å². The minimum Gasteiger partial charge on any atom is -0.490 e. The van der Waals surface area contributed by atoms with Crippen LogP contribution in [-0.4, -0.2) is 67.7 Å². The number of nitriles is 1. The predicted octanol–water partition coefficient (Wildman–Crippen LogP) is 1.65. The van der Waals surface area contributed by atoms with Crippen molar-refractivity contribution in [2.24, 2.45) is 0 Å². The number of likely N-dealkylation sites (tertiary alicyclic amines) is 2. The summed E-state index contributed by atoms with van der Waals surface area (Å²) in [5.74, 6) is 0.925. The lowest BCUT2D eigenvalue weighted by molar-refractivity contribution is -0.137. The lowest BCUT2D eigenvalue weighted by atomic mass is 10.1. The summed E-state index contributed by atoms with van der Waals surface area (Å²) in [4.78, 5) is 16.8. The summed E-state index contributed by atoms with van der Waals surface area (Å²) in [6, 6.07) is 9.27. The highest BCUT2D eigenvalue weighted by Crippen LogP contribution is 2.24. The van der Waals surface area contributed by atoms with Gasteiger partial charge in [-0.15, -0.1) is 0 Å². The molecule has 0 bridgehead atoms. The van der Waals surface area contributed by atoms with Gasteiger partial charge in [0.2, 0.25) is 5.91 Å². The Labute approximate surface area is 148 Å². The third-order valence-corrected chi connectivity index (χ3v) is 5.15. The number of hydrogen-bond acceptors (Lipinski definition) is 5. The maximum absolute atomic E-state index is 12.8. The molecule has 0 N–H and O–H groups in total. The number of likely N-dealkylation sites (N-methyl/N-ethyl adjacent to an activating group) is 1. The molecule has 0 saturated carbocycles. The monoisotopic (exact) mass is 343 g/mol. The standard InChI is InChI=1S/C19H25N3O3/c1-21-13-17(24-2)11-18(21)19(23)22-8-6-15(7-9-22)25-16-5-3-4-14(10-16)12-20/h3-5,10,15,17-18H,6-9,11,13H2,1-2H3/t17-,18-/m0/s1. The lowest BCUT2D eigenvalue weighted by Crippen LogP contribution is -2.48. The van der Waals surface area contributed by atoms with E-state index < -0.39 is 0 Å². The Balaban J connectivity index is 1.51. The van der Waals surface area contributed by atoms with Crippen LogP contribution in [0.2, 0.25) is 0 Å². The number of ether oxygens (including phenoxy) is 2. The molecule has 1 aromatic carbocycles. The van der Waals surface area contributed by atoms with Crippen LogP contribution in [0.5, 0.6) is 5.75 Å². The molecule has 1 amide bonds. The second-order valence-corrected chi connectivity index (χ2v) is 6.83. The van der Waals surface area contributed by atoms with Crippen LogP contribution in [0.3, 0.4) is 0 Å². The average molecular weight is 343 g/mol. The van der Waals surface area contributed by atoms with Crippen molar-refractivity contribution >= 4 is 5.91 Å². The second-order valence-electron chi connectivity index (χ2n) is 6.83. The Morgan fingerprint density at radius 2 is 2.04 bits per heavy atom. The van der Waals surface area contributed by atoms with Crippen LogP contribution in [-0.2, 0) is 9.53 Å². The van der Waals surface area contributed by atoms with Gasteiger partial charge in [0.1, 0.15) is 11.9 Å². The minimum absolute atomic E-state index is 0.0743. The molecule has 2 atom stereocenters. The first-order chi connectivity index (χ1) is 12.1. The molecule has 6 nitrogen and oxygen atoms in total. The van der Waals surface area contributed by atoms with Gasteiger partial charge in [-0.05, 0) is 31.7 Å². The number of nitrogens with zero attached hydrogens (tertiary/aromatic N) is 3. The summed E-state index contributed by atoms with van der Waals surface area (Å²) in [6.45, 7) is 2.23. The van der Waals surface area contributed by atoms with Crippen LogP contribution >= 0.6 is 0 Å². The van der Waals surface area contributed by atoms with Gasteiger partial charge in [-0.1, -0.05) is 6.07 Å². The van der Waals surface area contributed by atoms with Crippen LogP contribution < -0.4 is 4.74 Å². The SMILES string of the molecule is CO[C@H]1C[C@@H](C(=O)N2CCC(Oc3cccc(C#N)c3)CC2)N(C)C1. The smallest absolute Gasteiger partial charge is 0.240 e. The second kappa shape index (κ2) is 7.85. The Morgan fingerprint density at radius 1 is 1.28 bits per heavy atom. The fourth-order valence-electron chi connectivity index (χ4n) is 3.65. The van der Waals surface area contributed by atoms with E-state index in [0.717, 1.165) is 31.6 Å². The molecule has 6 heteroatoms. The topological polar surface area (TPSA) is 65.8 Å². The number of amides is 1. The number of rotatable bonds is 4. The molecule has 3 rings (SSSR count). The summed E-state index contributed by atoms with van der Waals surface area (Å²) >= 11 is 0. The molecule has 0 radical (unpaired) electrons. The molecule has 0 unspecified atom stereocenters. The van der Waals surface area contributed by atoms with Gasteiger partial charge >= 0.3 is 0 Å². The van der Waals surface area contributed by atoms with Crippen molar-refractivity contribution in [3.63, 3.8) is 0 Å². The number of carbonyl (C=O) groups is 1. The molecule has 0 spiro atoms. The number of methoxy groups -OCH3 is 1. The van der Waals surface area contributed by atoms with Gasteiger partial charge in [0, 0.05) is 39.6 Å². The van der Waals surface area contributed by atoms with Crippen molar-refractivity contribution < 1.29 is 14.3 Å². The molecule has 1 aromatic rings. The summed E-state index contributed by atoms with van der Waals surface area (Å²) in [5, 5.41) is 8.96. The zero-order valence-electron chi connectivity index (χ0n) is 14.9. The van der Waals surface area contributed by atoms with E-state index in [2.05, 4.69) is 11.0 Å². The zero-order chi connectivity index (χ0) is 17.8. The normalized spacial score (nSPS) is 24.9. The average Bonchev–Trinajstić information content (AvgIpc) is 3.03. The van der Waals surface area contributed by atoms with Crippen molar-refractivity contribution in [2.75, 3.05) is 33.8 Å². The summed E-state index contributed by atoms with van der Waals surface area (Å²) in [5.41, 5.74) is 0.599. The van der Waals surface area contributed by atoms with Gasteiger partial charge in [0.15, 0.2) is 0 Å². The molecule has 2 fully saturated rings. The van der Waals surface area contributed by atoms with Crippen LogP contribution in [0.15, 0.2) is 24.3 Å². The van der Waals surface area contributed by atoms with Gasteiger partial charge in [0.05, 0.1) is 23.8 Å². The number of piperidine rings is 1. The van der Waals surface area contributed by atoms with Gasteiger partial charge in [-0.2, -0.15) is 5.26 Å². The first kappa shape index (κ1) is 17.7. The summed E-state index contributed by atoms with van der Waals surface area (Å²) in [7, 11) is 3.69. The molecule has 2 aliphatic heterocycles. The van der Waals surface area contributed by atoms with Crippen molar-refractivity contribution in [3.05, 3.63) is 29.8 Å². The summed E-state index contributed by atoms with van der Waals surface area (Å²) < 4.78 is 11.4. The quantitative estimate of drug-likeness (QED) is 0.832. The van der Waals surface area contributed by atoms with E-state index in [-0.39, 0.29) is 24.2 Å². The number of carbonyl (C=O) groups excluding carboxylic acids is 1. The van der Waals surface area contributed by atoms with Gasteiger partial charge in [0.25, 0.3) is 0 Å². The number of benzene rings is 1. The molecule has 2 heterocycles. The molecular formula is C19H25N3O3. The molecule has 2 aliphatic rings. The largest absolute Gasteiger partial charge is 0.490 e. The van der Waals surface area contributed by atoms with Crippen molar-refractivity contribution in [2.45, 2.75) is 37.5 Å². The Morgan fingerprint density at radius 3 is 2.68 bits per heavy atom. The Hall–Kier alpha value is -2.10. The minimum atomic E-state index is -0.0743. The third-order valence-electron chi connectivity index (χ3n) is 5.15. The van der Waals surface area contributed by atoms with E-state index >= 15 is 0 Å². The van der Waals surface area contributed by atoms with E-state index in [1.54, 1.807) is 19.2 Å². The molecular weight excluding hydrogens is 318 g/mol. The van der Waals surface area contributed by atoms with E-state index in [9.17, 15) is 4.79 Å². The Kier molecular flexibility index (Phi) is 5.57. The van der Waals surface area contributed by atoms with E-state index in [0.29, 0.717) is 18.7 Å². The summed E-state index contributed by atoms with van der Waals surface area (Å²) in [6.07, 6.45) is 2.63. The van der Waals surface area contributed by atoms with Crippen LogP contribution in [0.4, 0.5) is 0 Å². The molecule has 0 aliphatic carbocycles. The van der Waals surface area contributed by atoms with Crippen LogP contribution in [0, 0.1) is 11.3 Å². The third kappa shape index (κ3) is 4.12. The Bertz CT molecular complexity index is 650. The lowest BCUT2D eigenvalue weighted by Gasteiger charge is -2.34. The van der Waals surface area contributed by atoms with Crippen molar-refractivity contribution in [3.8, 4) is 11.8 Å². The first-order valence-corrected chi connectivity index (χ1v) is 8.79. The highest BCUT2D eigenvalue weighted by molar-refractivity contribution is 5.82. The number of hydrogen-bond donors (Lipinski definition) is 0. The zero-order valence-corrected chi connectivity index (χ0v) is 14.9. The van der Waals surface area contributed by atoms with Gasteiger partial charge in [-0.25, -0.2) is 0 Å². The maximum atomic E-state index is 12.8. The van der Waals surface area contributed by atoms with E-state index in [4.69, 9.17) is 14.7 Å². The molecule has 25 heavy (non-hydrogen) atoms.